The van der Waals surface area contributed by atoms with Crippen LogP contribution in [0.1, 0.15) is 18.1 Å². The molecule has 0 spiro atoms. The zero-order valence-corrected chi connectivity index (χ0v) is 7.95. The van der Waals surface area contributed by atoms with E-state index in [2.05, 4.69) is 4.98 Å². The first-order valence-corrected chi connectivity index (χ1v) is 4.24. The molecule has 1 rings (SSSR count). The Morgan fingerprint density at radius 3 is 3.08 bits per heavy atom. The van der Waals surface area contributed by atoms with Gasteiger partial charge in [0.2, 0.25) is 0 Å². The number of aromatic nitrogens is 1. The van der Waals surface area contributed by atoms with Crippen molar-refractivity contribution < 1.29 is 4.74 Å². The van der Waals surface area contributed by atoms with Crippen LogP contribution in [0.25, 0.3) is 6.08 Å². The van der Waals surface area contributed by atoms with E-state index in [-0.39, 0.29) is 0 Å². The van der Waals surface area contributed by atoms with Crippen LogP contribution in [0.15, 0.2) is 18.5 Å². The Morgan fingerprint density at radius 1 is 1.62 bits per heavy atom. The Hall–Kier alpha value is -1.51. The molecule has 0 aliphatic rings. The molecule has 0 unspecified atom stereocenters. The minimum Gasteiger partial charge on any atom is -0.501 e. The number of aryl methyl sites for hydroxylation is 1. The molecule has 1 aromatic rings. The van der Waals surface area contributed by atoms with Crippen LogP contribution in [0, 0.1) is 6.92 Å². The molecule has 0 aliphatic carbocycles. The summed E-state index contributed by atoms with van der Waals surface area (Å²) >= 11 is 0. The van der Waals surface area contributed by atoms with E-state index in [0.717, 1.165) is 11.1 Å². The lowest BCUT2D eigenvalue weighted by Gasteiger charge is -2.00. The Kier molecular flexibility index (Phi) is 3.31. The fourth-order valence-electron chi connectivity index (χ4n) is 0.954. The van der Waals surface area contributed by atoms with Crippen molar-refractivity contribution in [1.82, 2.24) is 4.98 Å². The van der Waals surface area contributed by atoms with Crippen molar-refractivity contribution in [2.24, 2.45) is 0 Å². The maximum absolute atomic E-state index is 5.65. The molecule has 0 bridgehead atoms. The van der Waals surface area contributed by atoms with Crippen LogP contribution in [0.4, 0.5) is 5.82 Å². The molecule has 2 N–H and O–H groups in total. The molecule has 0 atom stereocenters. The highest BCUT2D eigenvalue weighted by atomic mass is 16.5. The summed E-state index contributed by atoms with van der Waals surface area (Å²) in [6.07, 6.45) is 5.19. The summed E-state index contributed by atoms with van der Waals surface area (Å²) in [5.74, 6) is 0.529. The quantitative estimate of drug-likeness (QED) is 0.720. The molecule has 0 radical (unpaired) electrons. The molecule has 0 aromatic carbocycles. The highest BCUT2D eigenvalue weighted by Gasteiger charge is 1.95. The minimum absolute atomic E-state index is 0.529. The van der Waals surface area contributed by atoms with Gasteiger partial charge in [0.1, 0.15) is 5.82 Å². The van der Waals surface area contributed by atoms with Crippen LogP contribution in [-0.2, 0) is 4.74 Å². The van der Waals surface area contributed by atoms with Crippen molar-refractivity contribution in [3.63, 3.8) is 0 Å². The molecule has 0 saturated heterocycles. The van der Waals surface area contributed by atoms with E-state index in [9.17, 15) is 0 Å². The molecule has 0 saturated carbocycles. The molecule has 0 amide bonds. The average molecular weight is 178 g/mol. The predicted molar refractivity (Wildman–Crippen MR) is 54.0 cm³/mol. The lowest BCUT2D eigenvalue weighted by molar-refractivity contribution is 0.272. The van der Waals surface area contributed by atoms with E-state index in [1.54, 1.807) is 12.5 Å². The largest absolute Gasteiger partial charge is 0.501 e. The summed E-state index contributed by atoms with van der Waals surface area (Å²) in [6.45, 7) is 4.57. The number of nitrogens with two attached hydrogens (primary N) is 1. The SMILES string of the molecule is CCO/C=C/c1cc(C)cnc1N. The third-order valence-electron chi connectivity index (χ3n) is 1.60. The number of ether oxygens (including phenoxy) is 1. The Balaban J connectivity index is 2.81. The van der Waals surface area contributed by atoms with E-state index in [1.165, 1.54) is 0 Å². The zero-order chi connectivity index (χ0) is 9.68. The van der Waals surface area contributed by atoms with Crippen molar-refractivity contribution in [2.75, 3.05) is 12.3 Å². The molecule has 13 heavy (non-hydrogen) atoms. The van der Waals surface area contributed by atoms with Gasteiger partial charge >= 0.3 is 0 Å². The second-order valence-corrected chi connectivity index (χ2v) is 2.75. The lowest BCUT2D eigenvalue weighted by atomic mass is 10.2. The van der Waals surface area contributed by atoms with Gasteiger partial charge in [0.15, 0.2) is 0 Å². The van der Waals surface area contributed by atoms with Gasteiger partial charge in [0.05, 0.1) is 12.9 Å². The van der Waals surface area contributed by atoms with Gasteiger partial charge in [-0.1, -0.05) is 0 Å². The number of nitrogen functional groups attached to an aromatic ring is 1. The highest BCUT2D eigenvalue weighted by Crippen LogP contribution is 2.11. The van der Waals surface area contributed by atoms with Crippen LogP contribution < -0.4 is 5.73 Å². The standard InChI is InChI=1S/C10H14N2O/c1-3-13-5-4-9-6-8(2)7-12-10(9)11/h4-7H,3H2,1-2H3,(H2,11,12)/b5-4+. The maximum Gasteiger partial charge on any atom is 0.130 e. The van der Waals surface area contributed by atoms with E-state index in [0.29, 0.717) is 12.4 Å². The molecule has 0 aliphatic heterocycles. The second-order valence-electron chi connectivity index (χ2n) is 2.75. The minimum atomic E-state index is 0.529. The van der Waals surface area contributed by atoms with Crippen molar-refractivity contribution >= 4 is 11.9 Å². The summed E-state index contributed by atoms with van der Waals surface area (Å²) in [5, 5.41) is 0. The Morgan fingerprint density at radius 2 is 2.38 bits per heavy atom. The molecule has 1 heterocycles. The van der Waals surface area contributed by atoms with Crippen LogP contribution >= 0.6 is 0 Å². The number of rotatable bonds is 3. The number of hydrogen-bond acceptors (Lipinski definition) is 3. The first-order valence-electron chi connectivity index (χ1n) is 4.24. The smallest absolute Gasteiger partial charge is 0.130 e. The lowest BCUT2D eigenvalue weighted by Crippen LogP contribution is -1.94. The average Bonchev–Trinajstić information content (AvgIpc) is 2.11. The van der Waals surface area contributed by atoms with E-state index < -0.39 is 0 Å². The van der Waals surface area contributed by atoms with Gasteiger partial charge < -0.3 is 10.5 Å². The van der Waals surface area contributed by atoms with Crippen molar-refractivity contribution in [3.05, 3.63) is 29.7 Å². The van der Waals surface area contributed by atoms with Crippen LogP contribution in [-0.4, -0.2) is 11.6 Å². The Bertz CT molecular complexity index is 308. The van der Waals surface area contributed by atoms with Gasteiger partial charge in [0, 0.05) is 11.8 Å². The molecule has 70 valence electrons. The fraction of sp³-hybridized carbons (Fsp3) is 0.300. The summed E-state index contributed by atoms with van der Waals surface area (Å²) in [7, 11) is 0. The first-order chi connectivity index (χ1) is 6.24. The van der Waals surface area contributed by atoms with Gasteiger partial charge in [-0.15, -0.1) is 0 Å². The zero-order valence-electron chi connectivity index (χ0n) is 7.95. The van der Waals surface area contributed by atoms with Gasteiger partial charge in [-0.3, -0.25) is 0 Å². The molecule has 3 nitrogen and oxygen atoms in total. The fourth-order valence-corrected chi connectivity index (χ4v) is 0.954. The molecule has 1 aromatic heterocycles. The second kappa shape index (κ2) is 4.50. The topological polar surface area (TPSA) is 48.1 Å². The first kappa shape index (κ1) is 9.58. The van der Waals surface area contributed by atoms with Crippen LogP contribution in [0.5, 0.6) is 0 Å². The van der Waals surface area contributed by atoms with E-state index >= 15 is 0 Å². The van der Waals surface area contributed by atoms with Crippen molar-refractivity contribution in [2.45, 2.75) is 13.8 Å². The monoisotopic (exact) mass is 178 g/mol. The third kappa shape index (κ3) is 2.78. The van der Waals surface area contributed by atoms with Gasteiger partial charge in [-0.25, -0.2) is 4.98 Å². The molecule has 0 fully saturated rings. The summed E-state index contributed by atoms with van der Waals surface area (Å²) in [4.78, 5) is 4.03. The normalized spacial score (nSPS) is 10.6. The predicted octanol–water partition coefficient (Wildman–Crippen LogP) is 1.98. The summed E-state index contributed by atoms with van der Waals surface area (Å²) in [6, 6.07) is 1.97. The number of nitrogens with zero attached hydrogens (tertiary/aromatic N) is 1. The van der Waals surface area contributed by atoms with Crippen LogP contribution in [0.3, 0.4) is 0 Å². The third-order valence-corrected chi connectivity index (χ3v) is 1.60. The van der Waals surface area contributed by atoms with Gasteiger partial charge in [-0.2, -0.15) is 0 Å². The highest BCUT2D eigenvalue weighted by molar-refractivity contribution is 5.60. The maximum atomic E-state index is 5.65. The van der Waals surface area contributed by atoms with E-state index in [4.69, 9.17) is 10.5 Å². The summed E-state index contributed by atoms with van der Waals surface area (Å²) in [5.41, 5.74) is 7.64. The van der Waals surface area contributed by atoms with Crippen molar-refractivity contribution in [3.8, 4) is 0 Å². The van der Waals surface area contributed by atoms with Gasteiger partial charge in [-0.05, 0) is 31.6 Å². The molecular formula is C10H14N2O. The van der Waals surface area contributed by atoms with E-state index in [1.807, 2.05) is 26.0 Å². The molecular weight excluding hydrogens is 164 g/mol. The number of anilines is 1. The summed E-state index contributed by atoms with van der Waals surface area (Å²) < 4.78 is 5.07. The van der Waals surface area contributed by atoms with Crippen LogP contribution in [0.2, 0.25) is 0 Å². The van der Waals surface area contributed by atoms with Gasteiger partial charge in [0.25, 0.3) is 0 Å². The number of pyridine rings is 1. The number of hydrogen-bond donors (Lipinski definition) is 1. The molecule has 3 heteroatoms. The van der Waals surface area contributed by atoms with Crippen molar-refractivity contribution in [1.29, 1.82) is 0 Å². The Labute approximate surface area is 78.2 Å².